The Balaban J connectivity index is 2.72. The molecule has 94 valence electrons. The summed E-state index contributed by atoms with van der Waals surface area (Å²) in [4.78, 5) is 11.2. The molecule has 0 aliphatic heterocycles. The van der Waals surface area contributed by atoms with Crippen LogP contribution in [0.1, 0.15) is 17.7 Å². The number of benzene rings is 1. The monoisotopic (exact) mass is 272 g/mol. The van der Waals surface area contributed by atoms with Crippen molar-refractivity contribution in [3.8, 4) is 0 Å². The maximum Gasteiger partial charge on any atom is 0.229 e. The summed E-state index contributed by atoms with van der Waals surface area (Å²) in [5.41, 5.74) is 7.04. The predicted molar refractivity (Wildman–Crippen MR) is 74.4 cm³/mol. The number of carbonyl (C=O) groups is 1. The summed E-state index contributed by atoms with van der Waals surface area (Å²) in [6.07, 6.45) is 0. The number of hydrogen-bond acceptors (Lipinski definition) is 3. The molecular formula is C12H17ClN2OS. The van der Waals surface area contributed by atoms with Crippen molar-refractivity contribution in [1.29, 1.82) is 0 Å². The zero-order valence-electron chi connectivity index (χ0n) is 9.94. The highest BCUT2D eigenvalue weighted by Crippen LogP contribution is 2.31. The highest BCUT2D eigenvalue weighted by atomic mass is 35.5. The Morgan fingerprint density at radius 1 is 1.47 bits per heavy atom. The largest absolute Gasteiger partial charge is 0.358 e. The molecule has 0 saturated heterocycles. The number of hydrogen-bond donors (Lipinski definition) is 2. The predicted octanol–water partition coefficient (Wildman–Crippen LogP) is 2.21. The lowest BCUT2D eigenvalue weighted by molar-refractivity contribution is -0.118. The SMILES string of the molecule is CNC(=O)CSC(c1ccc(Cl)cc1)C(C)N. The molecule has 5 heteroatoms. The van der Waals surface area contributed by atoms with Gasteiger partial charge in [0, 0.05) is 23.4 Å². The van der Waals surface area contributed by atoms with E-state index in [1.165, 1.54) is 0 Å². The number of carbonyl (C=O) groups excluding carboxylic acids is 1. The van der Waals surface area contributed by atoms with E-state index < -0.39 is 0 Å². The van der Waals surface area contributed by atoms with Crippen LogP contribution in [-0.4, -0.2) is 24.7 Å². The number of halogens is 1. The van der Waals surface area contributed by atoms with Gasteiger partial charge in [0.05, 0.1) is 5.75 Å². The Labute approximate surface area is 111 Å². The first-order chi connectivity index (χ1) is 8.04. The van der Waals surface area contributed by atoms with Crippen LogP contribution in [0.25, 0.3) is 0 Å². The number of nitrogens with one attached hydrogen (secondary N) is 1. The number of rotatable bonds is 5. The van der Waals surface area contributed by atoms with Gasteiger partial charge < -0.3 is 11.1 Å². The summed E-state index contributed by atoms with van der Waals surface area (Å²) in [6, 6.07) is 7.56. The molecule has 0 saturated carbocycles. The second kappa shape index (κ2) is 6.89. The lowest BCUT2D eigenvalue weighted by Crippen LogP contribution is -2.26. The lowest BCUT2D eigenvalue weighted by atomic mass is 10.1. The first kappa shape index (κ1) is 14.4. The van der Waals surface area contributed by atoms with Crippen molar-refractivity contribution in [3.63, 3.8) is 0 Å². The third-order valence-electron chi connectivity index (χ3n) is 2.35. The maximum absolute atomic E-state index is 11.2. The molecule has 0 aromatic heterocycles. The van der Waals surface area contributed by atoms with E-state index in [4.69, 9.17) is 17.3 Å². The minimum absolute atomic E-state index is 0.00890. The van der Waals surface area contributed by atoms with Gasteiger partial charge in [0.15, 0.2) is 0 Å². The van der Waals surface area contributed by atoms with E-state index in [2.05, 4.69) is 5.32 Å². The van der Waals surface area contributed by atoms with Crippen LogP contribution in [0.4, 0.5) is 0 Å². The van der Waals surface area contributed by atoms with Gasteiger partial charge in [-0.3, -0.25) is 4.79 Å². The summed E-state index contributed by atoms with van der Waals surface area (Å²) in [6.45, 7) is 1.94. The fourth-order valence-electron chi connectivity index (χ4n) is 1.44. The molecule has 0 spiro atoms. The molecule has 0 heterocycles. The van der Waals surface area contributed by atoms with Crippen molar-refractivity contribution in [1.82, 2.24) is 5.32 Å². The Morgan fingerprint density at radius 2 is 2.06 bits per heavy atom. The van der Waals surface area contributed by atoms with E-state index in [9.17, 15) is 4.79 Å². The third-order valence-corrected chi connectivity index (χ3v) is 4.09. The molecule has 1 aromatic rings. The zero-order valence-corrected chi connectivity index (χ0v) is 11.5. The molecule has 17 heavy (non-hydrogen) atoms. The van der Waals surface area contributed by atoms with Crippen LogP contribution < -0.4 is 11.1 Å². The normalized spacial score (nSPS) is 14.1. The van der Waals surface area contributed by atoms with Crippen molar-refractivity contribution in [2.24, 2.45) is 5.73 Å². The van der Waals surface area contributed by atoms with Gasteiger partial charge in [0.2, 0.25) is 5.91 Å². The van der Waals surface area contributed by atoms with E-state index in [0.717, 1.165) is 5.56 Å². The molecule has 0 radical (unpaired) electrons. The summed E-state index contributed by atoms with van der Waals surface area (Å²) in [5.74, 6) is 0.417. The van der Waals surface area contributed by atoms with Gasteiger partial charge in [-0.15, -0.1) is 11.8 Å². The number of nitrogens with two attached hydrogens (primary N) is 1. The van der Waals surface area contributed by atoms with Gasteiger partial charge >= 0.3 is 0 Å². The molecule has 2 atom stereocenters. The highest BCUT2D eigenvalue weighted by Gasteiger charge is 2.17. The van der Waals surface area contributed by atoms with Gasteiger partial charge in [-0.05, 0) is 24.6 Å². The summed E-state index contributed by atoms with van der Waals surface area (Å²) in [5, 5.41) is 3.40. The van der Waals surface area contributed by atoms with Crippen LogP contribution in [0.2, 0.25) is 5.02 Å². The van der Waals surface area contributed by atoms with E-state index >= 15 is 0 Å². The Hall–Kier alpha value is -0.710. The van der Waals surface area contributed by atoms with Gasteiger partial charge in [-0.25, -0.2) is 0 Å². The number of amides is 1. The van der Waals surface area contributed by atoms with Crippen molar-refractivity contribution < 1.29 is 4.79 Å². The Morgan fingerprint density at radius 3 is 2.53 bits per heavy atom. The smallest absolute Gasteiger partial charge is 0.229 e. The van der Waals surface area contributed by atoms with Gasteiger partial charge in [0.25, 0.3) is 0 Å². The molecule has 0 aliphatic carbocycles. The van der Waals surface area contributed by atoms with E-state index in [1.54, 1.807) is 18.8 Å². The third kappa shape index (κ3) is 4.58. The minimum Gasteiger partial charge on any atom is -0.358 e. The fraction of sp³-hybridized carbons (Fsp3) is 0.417. The molecule has 0 fully saturated rings. The Kier molecular flexibility index (Phi) is 5.82. The van der Waals surface area contributed by atoms with E-state index in [0.29, 0.717) is 10.8 Å². The van der Waals surface area contributed by atoms with Crippen molar-refractivity contribution in [2.45, 2.75) is 18.2 Å². The Bertz CT molecular complexity index is 367. The molecule has 1 amide bonds. The number of thioether (sulfide) groups is 1. The standard InChI is InChI=1S/C12H17ClN2OS/c1-8(14)12(17-7-11(16)15-2)9-3-5-10(13)6-4-9/h3-6,8,12H,7,14H2,1-2H3,(H,15,16). The molecular weight excluding hydrogens is 256 g/mol. The minimum atomic E-state index is -0.0224. The average molecular weight is 273 g/mol. The first-order valence-electron chi connectivity index (χ1n) is 5.38. The van der Waals surface area contributed by atoms with Crippen molar-refractivity contribution >= 4 is 29.3 Å². The quantitative estimate of drug-likeness (QED) is 0.864. The van der Waals surface area contributed by atoms with Crippen LogP contribution in [-0.2, 0) is 4.79 Å². The zero-order chi connectivity index (χ0) is 12.8. The maximum atomic E-state index is 11.2. The van der Waals surface area contributed by atoms with Crippen LogP contribution in [0.3, 0.4) is 0 Å². The second-order valence-electron chi connectivity index (χ2n) is 3.82. The van der Waals surface area contributed by atoms with Gasteiger partial charge in [-0.1, -0.05) is 23.7 Å². The van der Waals surface area contributed by atoms with Gasteiger partial charge in [0.1, 0.15) is 0 Å². The second-order valence-corrected chi connectivity index (χ2v) is 5.38. The lowest BCUT2D eigenvalue weighted by Gasteiger charge is -2.20. The summed E-state index contributed by atoms with van der Waals surface area (Å²) in [7, 11) is 1.63. The first-order valence-corrected chi connectivity index (χ1v) is 6.80. The van der Waals surface area contributed by atoms with E-state index in [1.807, 2.05) is 31.2 Å². The molecule has 1 aromatic carbocycles. The average Bonchev–Trinajstić information content (AvgIpc) is 2.31. The van der Waals surface area contributed by atoms with Crippen molar-refractivity contribution in [2.75, 3.05) is 12.8 Å². The molecule has 2 unspecified atom stereocenters. The van der Waals surface area contributed by atoms with E-state index in [-0.39, 0.29) is 17.2 Å². The topological polar surface area (TPSA) is 55.1 Å². The van der Waals surface area contributed by atoms with Crippen LogP contribution in [0.5, 0.6) is 0 Å². The summed E-state index contributed by atoms with van der Waals surface area (Å²) < 4.78 is 0. The van der Waals surface area contributed by atoms with Crippen molar-refractivity contribution in [3.05, 3.63) is 34.9 Å². The van der Waals surface area contributed by atoms with Crippen LogP contribution in [0.15, 0.2) is 24.3 Å². The molecule has 3 N–H and O–H groups in total. The van der Waals surface area contributed by atoms with Gasteiger partial charge in [-0.2, -0.15) is 0 Å². The summed E-state index contributed by atoms with van der Waals surface area (Å²) >= 11 is 7.38. The van der Waals surface area contributed by atoms with Crippen LogP contribution >= 0.6 is 23.4 Å². The highest BCUT2D eigenvalue weighted by molar-refractivity contribution is 8.00. The fourth-order valence-corrected chi connectivity index (χ4v) is 2.70. The molecule has 0 aliphatic rings. The molecule has 3 nitrogen and oxygen atoms in total. The van der Waals surface area contributed by atoms with Crippen LogP contribution in [0, 0.1) is 0 Å². The molecule has 0 bridgehead atoms. The molecule has 1 rings (SSSR count).